The second-order valence-corrected chi connectivity index (χ2v) is 6.30. The normalized spacial score (nSPS) is 26.8. The molecule has 0 bridgehead atoms. The monoisotopic (exact) mass is 268 g/mol. The molecule has 110 valence electrons. The molecule has 2 rings (SSSR count). The van der Waals surface area contributed by atoms with Crippen molar-refractivity contribution in [3.05, 3.63) is 0 Å². The van der Waals surface area contributed by atoms with E-state index in [0.29, 0.717) is 18.5 Å². The number of piperidine rings is 1. The number of hydrogen-bond donors (Lipinski definition) is 1. The smallest absolute Gasteiger partial charge is 0.236 e. The molecule has 19 heavy (non-hydrogen) atoms. The van der Waals surface area contributed by atoms with Crippen molar-refractivity contribution < 1.29 is 4.79 Å². The molecular weight excluding hydrogens is 240 g/mol. The van der Waals surface area contributed by atoms with Crippen LogP contribution in [-0.4, -0.2) is 80.0 Å². The van der Waals surface area contributed by atoms with Gasteiger partial charge in [0.1, 0.15) is 0 Å². The molecular formula is C14H28N4O. The Morgan fingerprint density at radius 1 is 1.26 bits per heavy atom. The molecule has 0 aromatic rings. The maximum Gasteiger partial charge on any atom is 0.236 e. The number of amides is 1. The van der Waals surface area contributed by atoms with E-state index in [1.165, 1.54) is 6.42 Å². The molecule has 0 aromatic carbocycles. The minimum absolute atomic E-state index is 0.255. The summed E-state index contributed by atoms with van der Waals surface area (Å²) >= 11 is 0. The van der Waals surface area contributed by atoms with Crippen molar-refractivity contribution in [2.75, 3.05) is 53.4 Å². The summed E-state index contributed by atoms with van der Waals surface area (Å²) in [5, 5.41) is 0. The summed E-state index contributed by atoms with van der Waals surface area (Å²) in [7, 11) is 4.09. The van der Waals surface area contributed by atoms with E-state index in [0.717, 1.165) is 45.6 Å². The third kappa shape index (κ3) is 4.44. The molecule has 2 N–H and O–H groups in total. The zero-order valence-electron chi connectivity index (χ0n) is 12.3. The quantitative estimate of drug-likeness (QED) is 0.768. The van der Waals surface area contributed by atoms with Crippen LogP contribution < -0.4 is 5.73 Å². The fourth-order valence-corrected chi connectivity index (χ4v) is 3.09. The van der Waals surface area contributed by atoms with E-state index in [1.807, 2.05) is 11.9 Å². The molecule has 1 atom stereocenters. The molecule has 0 saturated carbocycles. The SMILES string of the molecule is CN1CCC(CN(C)C(=O)CN2CCC(N)CC2)C1. The predicted molar refractivity (Wildman–Crippen MR) is 76.9 cm³/mol. The summed E-state index contributed by atoms with van der Waals surface area (Å²) in [6.07, 6.45) is 3.25. The van der Waals surface area contributed by atoms with E-state index >= 15 is 0 Å². The van der Waals surface area contributed by atoms with E-state index in [4.69, 9.17) is 5.73 Å². The Kier molecular flexibility index (Phi) is 5.19. The summed E-state index contributed by atoms with van der Waals surface area (Å²) in [5.41, 5.74) is 5.88. The summed E-state index contributed by atoms with van der Waals surface area (Å²) < 4.78 is 0. The zero-order chi connectivity index (χ0) is 13.8. The number of likely N-dealkylation sites (N-methyl/N-ethyl adjacent to an activating group) is 1. The Morgan fingerprint density at radius 3 is 2.53 bits per heavy atom. The second kappa shape index (κ2) is 6.68. The molecule has 1 amide bonds. The molecule has 0 aliphatic carbocycles. The van der Waals surface area contributed by atoms with Gasteiger partial charge in [-0.1, -0.05) is 0 Å². The lowest BCUT2D eigenvalue weighted by atomic mass is 10.1. The van der Waals surface area contributed by atoms with Crippen LogP contribution in [0.4, 0.5) is 0 Å². The van der Waals surface area contributed by atoms with Crippen LogP contribution in [0.3, 0.4) is 0 Å². The molecule has 0 radical (unpaired) electrons. The van der Waals surface area contributed by atoms with Crippen molar-refractivity contribution in [2.45, 2.75) is 25.3 Å². The van der Waals surface area contributed by atoms with Crippen LogP contribution in [0.15, 0.2) is 0 Å². The van der Waals surface area contributed by atoms with Gasteiger partial charge in [0.25, 0.3) is 0 Å². The zero-order valence-corrected chi connectivity index (χ0v) is 12.3. The van der Waals surface area contributed by atoms with E-state index in [9.17, 15) is 4.79 Å². The Hall–Kier alpha value is -0.650. The van der Waals surface area contributed by atoms with Crippen LogP contribution in [0.5, 0.6) is 0 Å². The van der Waals surface area contributed by atoms with Crippen molar-refractivity contribution >= 4 is 5.91 Å². The van der Waals surface area contributed by atoms with E-state index in [1.54, 1.807) is 0 Å². The van der Waals surface area contributed by atoms with Gasteiger partial charge in [-0.05, 0) is 38.8 Å². The number of nitrogens with two attached hydrogens (primary N) is 1. The molecule has 5 nitrogen and oxygen atoms in total. The predicted octanol–water partition coefficient (Wildman–Crippen LogP) is -0.180. The van der Waals surface area contributed by atoms with Gasteiger partial charge in [-0.25, -0.2) is 0 Å². The molecule has 2 fully saturated rings. The van der Waals surface area contributed by atoms with E-state index in [-0.39, 0.29) is 5.91 Å². The fraction of sp³-hybridized carbons (Fsp3) is 0.929. The lowest BCUT2D eigenvalue weighted by Gasteiger charge is -2.31. The van der Waals surface area contributed by atoms with Gasteiger partial charge in [-0.2, -0.15) is 0 Å². The van der Waals surface area contributed by atoms with Gasteiger partial charge < -0.3 is 15.5 Å². The highest BCUT2D eigenvalue weighted by molar-refractivity contribution is 5.78. The first kappa shape index (κ1) is 14.8. The number of rotatable bonds is 4. The van der Waals surface area contributed by atoms with Crippen LogP contribution in [0.25, 0.3) is 0 Å². The van der Waals surface area contributed by atoms with Crippen molar-refractivity contribution in [3.63, 3.8) is 0 Å². The highest BCUT2D eigenvalue weighted by Crippen LogP contribution is 2.15. The highest BCUT2D eigenvalue weighted by Gasteiger charge is 2.24. The third-order valence-corrected chi connectivity index (χ3v) is 4.44. The van der Waals surface area contributed by atoms with Crippen molar-refractivity contribution in [2.24, 2.45) is 11.7 Å². The molecule has 2 aliphatic rings. The minimum atomic E-state index is 0.255. The number of carbonyl (C=O) groups is 1. The lowest BCUT2D eigenvalue weighted by Crippen LogP contribution is -2.45. The summed E-state index contributed by atoms with van der Waals surface area (Å²) in [6.45, 7) is 5.68. The van der Waals surface area contributed by atoms with Crippen LogP contribution >= 0.6 is 0 Å². The lowest BCUT2D eigenvalue weighted by molar-refractivity contribution is -0.131. The maximum absolute atomic E-state index is 12.2. The van der Waals surface area contributed by atoms with Crippen molar-refractivity contribution in [1.29, 1.82) is 0 Å². The number of likely N-dealkylation sites (tertiary alicyclic amines) is 2. The Balaban J connectivity index is 1.70. The third-order valence-electron chi connectivity index (χ3n) is 4.44. The van der Waals surface area contributed by atoms with Crippen LogP contribution in [-0.2, 0) is 4.79 Å². The van der Waals surface area contributed by atoms with Gasteiger partial charge >= 0.3 is 0 Å². The Morgan fingerprint density at radius 2 is 1.95 bits per heavy atom. The summed E-state index contributed by atoms with van der Waals surface area (Å²) in [5.74, 6) is 0.902. The highest BCUT2D eigenvalue weighted by atomic mass is 16.2. The van der Waals surface area contributed by atoms with Crippen molar-refractivity contribution in [3.8, 4) is 0 Å². The summed E-state index contributed by atoms with van der Waals surface area (Å²) in [6, 6.07) is 0.332. The topological polar surface area (TPSA) is 52.8 Å². The number of nitrogens with zero attached hydrogens (tertiary/aromatic N) is 3. The minimum Gasteiger partial charge on any atom is -0.344 e. The van der Waals surface area contributed by atoms with Gasteiger partial charge in [0, 0.05) is 39.3 Å². The maximum atomic E-state index is 12.2. The van der Waals surface area contributed by atoms with E-state index in [2.05, 4.69) is 16.8 Å². The fourth-order valence-electron chi connectivity index (χ4n) is 3.09. The Labute approximate surface area is 116 Å². The summed E-state index contributed by atoms with van der Waals surface area (Å²) in [4.78, 5) is 18.7. The second-order valence-electron chi connectivity index (χ2n) is 6.30. The first-order valence-corrected chi connectivity index (χ1v) is 7.45. The van der Waals surface area contributed by atoms with Gasteiger partial charge in [0.15, 0.2) is 0 Å². The first-order valence-electron chi connectivity index (χ1n) is 7.45. The van der Waals surface area contributed by atoms with Crippen LogP contribution in [0, 0.1) is 5.92 Å². The largest absolute Gasteiger partial charge is 0.344 e. The van der Waals surface area contributed by atoms with Crippen LogP contribution in [0.2, 0.25) is 0 Å². The molecule has 2 aliphatic heterocycles. The molecule has 2 saturated heterocycles. The number of carbonyl (C=O) groups excluding carboxylic acids is 1. The first-order chi connectivity index (χ1) is 9.04. The molecule has 1 unspecified atom stereocenters. The van der Waals surface area contributed by atoms with Gasteiger partial charge in [-0.3, -0.25) is 9.69 Å². The number of hydrogen-bond acceptors (Lipinski definition) is 4. The standard InChI is InChI=1S/C14H28N4O/c1-16-6-3-12(9-16)10-17(2)14(19)11-18-7-4-13(15)5-8-18/h12-13H,3-11,15H2,1-2H3. The van der Waals surface area contributed by atoms with Gasteiger partial charge in [0.05, 0.1) is 6.54 Å². The van der Waals surface area contributed by atoms with Gasteiger partial charge in [-0.15, -0.1) is 0 Å². The Bertz CT molecular complexity index is 302. The van der Waals surface area contributed by atoms with Gasteiger partial charge in [0.2, 0.25) is 5.91 Å². The van der Waals surface area contributed by atoms with Crippen molar-refractivity contribution in [1.82, 2.24) is 14.7 Å². The molecule has 0 aromatic heterocycles. The average Bonchev–Trinajstić information content (AvgIpc) is 2.77. The van der Waals surface area contributed by atoms with Crippen LogP contribution in [0.1, 0.15) is 19.3 Å². The molecule has 2 heterocycles. The molecule has 0 spiro atoms. The average molecular weight is 268 g/mol. The molecule has 5 heteroatoms. The van der Waals surface area contributed by atoms with E-state index < -0.39 is 0 Å².